The molecular formula is C29H28. The van der Waals surface area contributed by atoms with E-state index in [1.54, 1.807) is 16.7 Å². The Morgan fingerprint density at radius 2 is 1.24 bits per heavy atom. The molecule has 8 rings (SSSR count). The Bertz CT molecular complexity index is 1090. The number of aryl methyl sites for hydroxylation is 1. The van der Waals surface area contributed by atoms with Crippen molar-refractivity contribution in [3.8, 4) is 22.3 Å². The molecule has 4 saturated carbocycles. The third-order valence-electron chi connectivity index (χ3n) is 8.94. The summed E-state index contributed by atoms with van der Waals surface area (Å²) in [5.41, 5.74) is 10.8. The van der Waals surface area contributed by atoms with Crippen molar-refractivity contribution in [2.75, 3.05) is 0 Å². The van der Waals surface area contributed by atoms with Gasteiger partial charge in [-0.2, -0.15) is 0 Å². The van der Waals surface area contributed by atoms with Crippen molar-refractivity contribution in [3.05, 3.63) is 83.4 Å². The molecule has 29 heavy (non-hydrogen) atoms. The normalized spacial score (nSPS) is 33.1. The lowest BCUT2D eigenvalue weighted by molar-refractivity contribution is -0.0399. The van der Waals surface area contributed by atoms with Crippen molar-refractivity contribution >= 4 is 0 Å². The first-order valence-electron chi connectivity index (χ1n) is 11.6. The van der Waals surface area contributed by atoms with Crippen molar-refractivity contribution in [1.82, 2.24) is 0 Å². The van der Waals surface area contributed by atoms with E-state index in [9.17, 15) is 0 Å². The smallest absolute Gasteiger partial charge is 0.0272 e. The molecule has 0 saturated heterocycles. The van der Waals surface area contributed by atoms with E-state index in [-0.39, 0.29) is 5.41 Å². The molecule has 0 nitrogen and oxygen atoms in total. The fraction of sp³-hybridized carbons (Fsp3) is 0.379. The van der Waals surface area contributed by atoms with Crippen molar-refractivity contribution < 1.29 is 0 Å². The van der Waals surface area contributed by atoms with E-state index < -0.39 is 0 Å². The molecule has 0 heteroatoms. The Kier molecular flexibility index (Phi) is 3.19. The molecule has 0 heterocycles. The minimum Gasteiger partial charge on any atom is -0.0619 e. The van der Waals surface area contributed by atoms with Gasteiger partial charge in [0, 0.05) is 5.41 Å². The maximum Gasteiger partial charge on any atom is 0.0272 e. The molecule has 4 fully saturated rings. The lowest BCUT2D eigenvalue weighted by Crippen LogP contribution is -2.55. The second-order valence-corrected chi connectivity index (χ2v) is 10.3. The van der Waals surface area contributed by atoms with Gasteiger partial charge in [-0.25, -0.2) is 0 Å². The zero-order valence-electron chi connectivity index (χ0n) is 17.2. The first-order valence-corrected chi connectivity index (χ1v) is 11.6. The van der Waals surface area contributed by atoms with Crippen LogP contribution in [0.4, 0.5) is 0 Å². The zero-order chi connectivity index (χ0) is 19.2. The van der Waals surface area contributed by atoms with Crippen LogP contribution < -0.4 is 0 Å². The van der Waals surface area contributed by atoms with Gasteiger partial charge in [-0.15, -0.1) is 0 Å². The van der Waals surface area contributed by atoms with Crippen LogP contribution in [0.5, 0.6) is 0 Å². The monoisotopic (exact) mass is 376 g/mol. The maximum atomic E-state index is 2.50. The molecule has 0 amide bonds. The largest absolute Gasteiger partial charge is 0.0619 e. The highest BCUT2D eigenvalue weighted by atomic mass is 14.6. The average Bonchev–Trinajstić information content (AvgIpc) is 3.04. The first kappa shape index (κ1) is 16.5. The van der Waals surface area contributed by atoms with Gasteiger partial charge < -0.3 is 0 Å². The van der Waals surface area contributed by atoms with Crippen LogP contribution >= 0.6 is 0 Å². The third kappa shape index (κ3) is 2.00. The highest BCUT2D eigenvalue weighted by molar-refractivity contribution is 5.93. The van der Waals surface area contributed by atoms with Gasteiger partial charge in [0.05, 0.1) is 0 Å². The second-order valence-electron chi connectivity index (χ2n) is 10.3. The standard InChI is InChI=1S/C29H28/c1-18-9-11-21(12-10-18)24-6-4-8-27-28(24)25-5-2-3-7-26(25)29(27)22-14-19-13-20(16-22)17-23(29)15-19/h2-12,19-20,22-23H,13-17H2,1H3. The third-order valence-corrected chi connectivity index (χ3v) is 8.94. The highest BCUT2D eigenvalue weighted by Gasteiger charge is 2.61. The summed E-state index contributed by atoms with van der Waals surface area (Å²) in [6, 6.07) is 25.8. The van der Waals surface area contributed by atoms with E-state index in [1.807, 2.05) is 0 Å². The number of hydrogen-bond acceptors (Lipinski definition) is 0. The summed E-state index contributed by atoms with van der Waals surface area (Å²) in [4.78, 5) is 0. The topological polar surface area (TPSA) is 0 Å². The van der Waals surface area contributed by atoms with Crippen LogP contribution in [0.15, 0.2) is 66.7 Å². The van der Waals surface area contributed by atoms with Crippen LogP contribution in [0.3, 0.4) is 0 Å². The molecule has 4 bridgehead atoms. The number of hydrogen-bond donors (Lipinski definition) is 0. The Morgan fingerprint density at radius 3 is 1.97 bits per heavy atom. The summed E-state index contributed by atoms with van der Waals surface area (Å²) >= 11 is 0. The summed E-state index contributed by atoms with van der Waals surface area (Å²) in [5.74, 6) is 3.68. The quantitative estimate of drug-likeness (QED) is 0.415. The van der Waals surface area contributed by atoms with Gasteiger partial charge in [0.2, 0.25) is 0 Å². The van der Waals surface area contributed by atoms with Gasteiger partial charge >= 0.3 is 0 Å². The number of fused-ring (bicyclic) bond motifs is 3. The van der Waals surface area contributed by atoms with Crippen molar-refractivity contribution in [2.24, 2.45) is 23.7 Å². The fourth-order valence-electron chi connectivity index (χ4n) is 8.18. The van der Waals surface area contributed by atoms with Gasteiger partial charge in [0.1, 0.15) is 0 Å². The van der Waals surface area contributed by atoms with Crippen LogP contribution in [0.2, 0.25) is 0 Å². The van der Waals surface area contributed by atoms with Crippen LogP contribution in [-0.2, 0) is 5.41 Å². The molecule has 0 aromatic heterocycles. The average molecular weight is 377 g/mol. The Labute approximate surface area is 174 Å². The zero-order valence-corrected chi connectivity index (χ0v) is 17.2. The lowest BCUT2D eigenvalue weighted by Gasteiger charge is -2.61. The fourth-order valence-corrected chi connectivity index (χ4v) is 8.18. The van der Waals surface area contributed by atoms with Crippen molar-refractivity contribution in [2.45, 2.75) is 44.4 Å². The maximum absolute atomic E-state index is 2.50. The van der Waals surface area contributed by atoms with Crippen LogP contribution in [0, 0.1) is 30.6 Å². The lowest BCUT2D eigenvalue weighted by atomic mass is 9.43. The molecule has 0 N–H and O–H groups in total. The summed E-state index contributed by atoms with van der Waals surface area (Å²) in [6.45, 7) is 2.18. The Morgan fingerprint density at radius 1 is 0.621 bits per heavy atom. The highest BCUT2D eigenvalue weighted by Crippen LogP contribution is 2.69. The molecule has 0 radical (unpaired) electrons. The van der Waals surface area contributed by atoms with Gasteiger partial charge in [0.15, 0.2) is 0 Å². The van der Waals surface area contributed by atoms with E-state index in [1.165, 1.54) is 54.4 Å². The molecule has 5 aliphatic rings. The molecular weight excluding hydrogens is 348 g/mol. The van der Waals surface area contributed by atoms with Crippen molar-refractivity contribution in [1.29, 1.82) is 0 Å². The SMILES string of the molecule is Cc1ccc(-c2cccc3c2-c2ccccc2C32C3CC4CC(C3)CC2C4)cc1. The van der Waals surface area contributed by atoms with Crippen LogP contribution in [-0.4, -0.2) is 0 Å². The van der Waals surface area contributed by atoms with E-state index >= 15 is 0 Å². The number of benzene rings is 3. The molecule has 5 aliphatic carbocycles. The Hall–Kier alpha value is -2.34. The molecule has 3 aromatic rings. The van der Waals surface area contributed by atoms with E-state index in [0.717, 1.165) is 23.7 Å². The van der Waals surface area contributed by atoms with Crippen LogP contribution in [0.1, 0.15) is 48.8 Å². The minimum absolute atomic E-state index is 0.278. The molecule has 0 atom stereocenters. The molecule has 1 spiro atoms. The first-order chi connectivity index (χ1) is 14.2. The predicted octanol–water partition coefficient (Wildman–Crippen LogP) is 7.38. The number of rotatable bonds is 1. The van der Waals surface area contributed by atoms with Gasteiger partial charge in [-0.3, -0.25) is 0 Å². The minimum atomic E-state index is 0.278. The van der Waals surface area contributed by atoms with E-state index in [2.05, 4.69) is 73.7 Å². The van der Waals surface area contributed by atoms with Crippen LogP contribution in [0.25, 0.3) is 22.3 Å². The van der Waals surface area contributed by atoms with Gasteiger partial charge in [-0.05, 0) is 96.1 Å². The van der Waals surface area contributed by atoms with E-state index in [4.69, 9.17) is 0 Å². The predicted molar refractivity (Wildman–Crippen MR) is 120 cm³/mol. The summed E-state index contributed by atoms with van der Waals surface area (Å²) in [7, 11) is 0. The molecule has 0 aliphatic heterocycles. The van der Waals surface area contributed by atoms with Gasteiger partial charge in [0.25, 0.3) is 0 Å². The molecule has 3 aromatic carbocycles. The Balaban J connectivity index is 1.53. The molecule has 0 unspecified atom stereocenters. The summed E-state index contributed by atoms with van der Waals surface area (Å²) < 4.78 is 0. The van der Waals surface area contributed by atoms with Crippen molar-refractivity contribution in [3.63, 3.8) is 0 Å². The summed E-state index contributed by atoms with van der Waals surface area (Å²) in [5, 5.41) is 0. The second kappa shape index (κ2) is 5.63. The van der Waals surface area contributed by atoms with E-state index in [0.29, 0.717) is 0 Å². The molecule has 144 valence electrons. The van der Waals surface area contributed by atoms with Gasteiger partial charge in [-0.1, -0.05) is 72.3 Å². The summed E-state index contributed by atoms with van der Waals surface area (Å²) in [6.07, 6.45) is 7.33.